The number of carbonyl (C=O) groups is 1. The highest BCUT2D eigenvalue weighted by atomic mass is 35.5. The van der Waals surface area contributed by atoms with E-state index in [1.807, 2.05) is 13.8 Å². The summed E-state index contributed by atoms with van der Waals surface area (Å²) in [6, 6.07) is 2.87. The molecule has 4 heteroatoms. The van der Waals surface area contributed by atoms with Crippen LogP contribution in [0.3, 0.4) is 0 Å². The van der Waals surface area contributed by atoms with Crippen LogP contribution in [-0.2, 0) is 0 Å². The molecule has 16 heavy (non-hydrogen) atoms. The Morgan fingerprint density at radius 3 is 2.81 bits per heavy atom. The molecule has 0 saturated heterocycles. The first-order valence-electron chi connectivity index (χ1n) is 5.21. The molecular formula is C12H13ClO3. The summed E-state index contributed by atoms with van der Waals surface area (Å²) in [5, 5.41) is 9.64. The van der Waals surface area contributed by atoms with Crippen LogP contribution >= 0.6 is 11.6 Å². The van der Waals surface area contributed by atoms with Crippen molar-refractivity contribution >= 4 is 17.4 Å². The molecule has 1 N–H and O–H groups in total. The summed E-state index contributed by atoms with van der Waals surface area (Å²) < 4.78 is 5.66. The lowest BCUT2D eigenvalue weighted by molar-refractivity contribution is 0.0771. The van der Waals surface area contributed by atoms with Crippen molar-refractivity contribution in [2.24, 2.45) is 5.92 Å². The Kier molecular flexibility index (Phi) is 2.80. The Hall–Kier alpha value is -1.22. The van der Waals surface area contributed by atoms with Crippen molar-refractivity contribution in [3.63, 3.8) is 0 Å². The topological polar surface area (TPSA) is 46.5 Å². The van der Waals surface area contributed by atoms with Crippen molar-refractivity contribution in [3.05, 3.63) is 22.7 Å². The number of phenolic OH excluding ortho intramolecular Hbond substituents is 1. The molecule has 86 valence electrons. The molecule has 3 nitrogen and oxygen atoms in total. The number of fused-ring (bicyclic) bond motifs is 1. The first-order chi connectivity index (χ1) is 7.49. The second kappa shape index (κ2) is 3.98. The molecule has 0 amide bonds. The van der Waals surface area contributed by atoms with Gasteiger partial charge in [-0.1, -0.05) is 25.4 Å². The fourth-order valence-corrected chi connectivity index (χ4v) is 1.89. The van der Waals surface area contributed by atoms with E-state index in [0.29, 0.717) is 17.7 Å². The highest BCUT2D eigenvalue weighted by Gasteiger charge is 2.29. The van der Waals surface area contributed by atoms with Crippen LogP contribution in [0.4, 0.5) is 0 Å². The summed E-state index contributed by atoms with van der Waals surface area (Å²) in [6.45, 7) is 4.00. The molecule has 0 aromatic heterocycles. The summed E-state index contributed by atoms with van der Waals surface area (Å²) in [7, 11) is 0. The van der Waals surface area contributed by atoms with Crippen LogP contribution < -0.4 is 4.74 Å². The number of halogens is 1. The van der Waals surface area contributed by atoms with E-state index in [0.717, 1.165) is 0 Å². The Balaban J connectivity index is 2.43. The van der Waals surface area contributed by atoms with Gasteiger partial charge in [0.1, 0.15) is 17.6 Å². The first kappa shape index (κ1) is 11.3. The molecule has 2 rings (SSSR count). The fraction of sp³-hybridized carbons (Fsp3) is 0.417. The Bertz CT molecular complexity index is 440. The third-order valence-corrected chi connectivity index (χ3v) is 3.06. The largest absolute Gasteiger partial charge is 0.506 e. The van der Waals surface area contributed by atoms with Crippen molar-refractivity contribution in [1.82, 2.24) is 0 Å². The maximum Gasteiger partial charge on any atom is 0.170 e. The maximum absolute atomic E-state index is 11.8. The third kappa shape index (κ3) is 1.87. The van der Waals surface area contributed by atoms with Gasteiger partial charge in [0.25, 0.3) is 0 Å². The van der Waals surface area contributed by atoms with Crippen molar-refractivity contribution < 1.29 is 14.6 Å². The van der Waals surface area contributed by atoms with Crippen LogP contribution in [0.5, 0.6) is 11.5 Å². The first-order valence-corrected chi connectivity index (χ1v) is 5.59. The number of carbonyl (C=O) groups excluding carboxylic acids is 1. The van der Waals surface area contributed by atoms with Crippen LogP contribution in [0, 0.1) is 5.92 Å². The molecule has 1 unspecified atom stereocenters. The lowest BCUT2D eigenvalue weighted by Crippen LogP contribution is -2.31. The van der Waals surface area contributed by atoms with Gasteiger partial charge in [0.05, 0.1) is 10.6 Å². The average molecular weight is 241 g/mol. The van der Waals surface area contributed by atoms with E-state index >= 15 is 0 Å². The molecule has 0 spiro atoms. The number of aromatic hydroxyl groups is 1. The van der Waals surface area contributed by atoms with E-state index < -0.39 is 0 Å². The number of phenols is 1. The zero-order valence-electron chi connectivity index (χ0n) is 9.16. The number of benzene rings is 1. The number of ether oxygens (including phenoxy) is 1. The molecular weight excluding hydrogens is 228 g/mol. The maximum atomic E-state index is 11.8. The van der Waals surface area contributed by atoms with Crippen LogP contribution in [0.25, 0.3) is 0 Å². The predicted molar refractivity (Wildman–Crippen MR) is 61.3 cm³/mol. The van der Waals surface area contributed by atoms with E-state index in [4.69, 9.17) is 16.3 Å². The lowest BCUT2D eigenvalue weighted by Gasteiger charge is -2.28. The van der Waals surface area contributed by atoms with Gasteiger partial charge < -0.3 is 9.84 Å². The second-order valence-electron chi connectivity index (χ2n) is 4.33. The second-order valence-corrected chi connectivity index (χ2v) is 4.73. The number of Topliss-reactive ketones (excluding diaryl/α,β-unsaturated/α-hetero) is 1. The number of hydrogen-bond donors (Lipinski definition) is 1. The summed E-state index contributed by atoms with van der Waals surface area (Å²) in [5.41, 5.74) is 0.458. The Morgan fingerprint density at radius 2 is 2.19 bits per heavy atom. The normalized spacial score (nSPS) is 19.5. The fourth-order valence-electron chi connectivity index (χ4n) is 1.73. The van der Waals surface area contributed by atoms with Crippen molar-refractivity contribution in [2.75, 3.05) is 0 Å². The van der Waals surface area contributed by atoms with E-state index in [1.54, 1.807) is 0 Å². The minimum atomic E-state index is -0.124. The number of ketones is 1. The Labute approximate surface area is 99.0 Å². The molecule has 1 aromatic carbocycles. The SMILES string of the molecule is CC(C)C1CC(=O)c2cc(Cl)c(O)cc2O1. The molecule has 1 aromatic rings. The van der Waals surface area contributed by atoms with Gasteiger partial charge in [-0.25, -0.2) is 0 Å². The van der Waals surface area contributed by atoms with Crippen LogP contribution in [0.1, 0.15) is 30.6 Å². The van der Waals surface area contributed by atoms with Gasteiger partial charge in [-0.3, -0.25) is 4.79 Å². The smallest absolute Gasteiger partial charge is 0.170 e. The van der Waals surface area contributed by atoms with Gasteiger partial charge in [-0.05, 0) is 12.0 Å². The number of rotatable bonds is 1. The van der Waals surface area contributed by atoms with E-state index in [1.165, 1.54) is 12.1 Å². The highest BCUT2D eigenvalue weighted by molar-refractivity contribution is 6.32. The summed E-state index contributed by atoms with van der Waals surface area (Å²) in [6.07, 6.45) is 0.242. The van der Waals surface area contributed by atoms with E-state index in [-0.39, 0.29) is 28.6 Å². The lowest BCUT2D eigenvalue weighted by atomic mass is 9.94. The monoisotopic (exact) mass is 240 g/mol. The summed E-state index contributed by atoms with van der Waals surface area (Å²) >= 11 is 5.75. The van der Waals surface area contributed by atoms with Crippen LogP contribution in [-0.4, -0.2) is 17.0 Å². The van der Waals surface area contributed by atoms with Gasteiger partial charge in [0.15, 0.2) is 5.78 Å². The van der Waals surface area contributed by atoms with Gasteiger partial charge in [-0.15, -0.1) is 0 Å². The molecule has 0 aliphatic carbocycles. The van der Waals surface area contributed by atoms with Crippen molar-refractivity contribution in [1.29, 1.82) is 0 Å². The van der Waals surface area contributed by atoms with Gasteiger partial charge in [0.2, 0.25) is 0 Å². The molecule has 0 saturated carbocycles. The molecule has 0 radical (unpaired) electrons. The highest BCUT2D eigenvalue weighted by Crippen LogP contribution is 2.37. The van der Waals surface area contributed by atoms with Gasteiger partial charge in [0, 0.05) is 12.5 Å². The zero-order chi connectivity index (χ0) is 11.9. The molecule has 0 fully saturated rings. The number of hydrogen-bond acceptors (Lipinski definition) is 3. The predicted octanol–water partition coefficient (Wildman–Crippen LogP) is 3.04. The summed E-state index contributed by atoms with van der Waals surface area (Å²) in [4.78, 5) is 11.8. The summed E-state index contributed by atoms with van der Waals surface area (Å²) in [5.74, 6) is 0.645. The van der Waals surface area contributed by atoms with E-state index in [2.05, 4.69) is 0 Å². The average Bonchev–Trinajstić information content (AvgIpc) is 2.20. The third-order valence-electron chi connectivity index (χ3n) is 2.76. The Morgan fingerprint density at radius 1 is 1.50 bits per heavy atom. The molecule has 1 heterocycles. The minimum Gasteiger partial charge on any atom is -0.506 e. The van der Waals surface area contributed by atoms with Crippen LogP contribution in [0.2, 0.25) is 5.02 Å². The zero-order valence-corrected chi connectivity index (χ0v) is 9.91. The van der Waals surface area contributed by atoms with Crippen LogP contribution in [0.15, 0.2) is 12.1 Å². The molecule has 0 bridgehead atoms. The van der Waals surface area contributed by atoms with Gasteiger partial charge >= 0.3 is 0 Å². The molecule has 1 atom stereocenters. The standard InChI is InChI=1S/C12H13ClO3/c1-6(2)11-4-9(14)7-3-8(13)10(15)5-12(7)16-11/h3,5-6,11,15H,4H2,1-2H3. The van der Waals surface area contributed by atoms with Crippen molar-refractivity contribution in [2.45, 2.75) is 26.4 Å². The van der Waals surface area contributed by atoms with Crippen molar-refractivity contribution in [3.8, 4) is 11.5 Å². The van der Waals surface area contributed by atoms with E-state index in [9.17, 15) is 9.90 Å². The molecule has 1 aliphatic heterocycles. The quantitative estimate of drug-likeness (QED) is 0.821. The minimum absolute atomic E-state index is 0.0156. The molecule has 1 aliphatic rings. The van der Waals surface area contributed by atoms with Gasteiger partial charge in [-0.2, -0.15) is 0 Å².